The van der Waals surface area contributed by atoms with Crippen molar-refractivity contribution >= 4 is 0 Å². The van der Waals surface area contributed by atoms with Crippen LogP contribution in [0.25, 0.3) is 0 Å². The van der Waals surface area contributed by atoms with Gasteiger partial charge in [-0.3, -0.25) is 14.3 Å². The zero-order valence-electron chi connectivity index (χ0n) is 8.72. The first kappa shape index (κ1) is 11.1. The Kier molecular flexibility index (Phi) is 2.69. The highest BCUT2D eigenvalue weighted by atomic mass is 16.3. The molecule has 1 heterocycles. The zero-order chi connectivity index (χ0) is 11.8. The molecule has 1 saturated carbocycles. The standard InChI is InChI=1S/C10H14N2O4/c13-5-10(6-14)3-7(4-10)12-2-1-8(15)11-9(12)16/h1-2,7,13-14H,3-6H2,(H,11,15,16). The number of nitrogens with zero attached hydrogens (tertiary/aromatic N) is 1. The molecule has 1 aromatic heterocycles. The van der Waals surface area contributed by atoms with Gasteiger partial charge in [0.15, 0.2) is 0 Å². The minimum absolute atomic E-state index is 0.0522. The molecule has 0 atom stereocenters. The molecule has 0 bridgehead atoms. The van der Waals surface area contributed by atoms with Crippen molar-refractivity contribution in [1.29, 1.82) is 0 Å². The van der Waals surface area contributed by atoms with E-state index in [4.69, 9.17) is 10.2 Å². The normalized spacial score (nSPS) is 19.4. The van der Waals surface area contributed by atoms with Gasteiger partial charge in [0.05, 0.1) is 13.2 Å². The summed E-state index contributed by atoms with van der Waals surface area (Å²) in [5.41, 5.74) is -1.33. The molecule has 0 aromatic carbocycles. The highest BCUT2D eigenvalue weighted by Crippen LogP contribution is 2.47. The van der Waals surface area contributed by atoms with Crippen LogP contribution in [0.4, 0.5) is 0 Å². The summed E-state index contributed by atoms with van der Waals surface area (Å²) < 4.78 is 1.44. The fraction of sp³-hybridized carbons (Fsp3) is 0.600. The molecular formula is C10H14N2O4. The van der Waals surface area contributed by atoms with E-state index in [1.54, 1.807) is 0 Å². The molecule has 0 radical (unpaired) electrons. The third kappa shape index (κ3) is 1.70. The maximum atomic E-state index is 11.4. The molecule has 3 N–H and O–H groups in total. The van der Waals surface area contributed by atoms with E-state index in [0.717, 1.165) is 0 Å². The second-order valence-electron chi connectivity index (χ2n) is 4.40. The molecular weight excluding hydrogens is 212 g/mol. The van der Waals surface area contributed by atoms with Crippen LogP contribution in [0.3, 0.4) is 0 Å². The smallest absolute Gasteiger partial charge is 0.328 e. The molecule has 0 unspecified atom stereocenters. The van der Waals surface area contributed by atoms with Crippen molar-refractivity contribution in [2.24, 2.45) is 5.41 Å². The van der Waals surface area contributed by atoms with Crippen LogP contribution < -0.4 is 11.2 Å². The summed E-state index contributed by atoms with van der Waals surface area (Å²) in [5, 5.41) is 18.2. The number of rotatable bonds is 3. The third-order valence-corrected chi connectivity index (χ3v) is 3.25. The first-order valence-corrected chi connectivity index (χ1v) is 5.13. The van der Waals surface area contributed by atoms with Crippen LogP contribution in [0.15, 0.2) is 21.9 Å². The summed E-state index contributed by atoms with van der Waals surface area (Å²) in [5.74, 6) is 0. The average molecular weight is 226 g/mol. The molecule has 6 heteroatoms. The summed E-state index contributed by atoms with van der Waals surface area (Å²) in [7, 11) is 0. The van der Waals surface area contributed by atoms with Crippen molar-refractivity contribution in [2.75, 3.05) is 13.2 Å². The lowest BCUT2D eigenvalue weighted by Gasteiger charge is -2.45. The molecule has 88 valence electrons. The Bertz CT molecular complexity index is 478. The lowest BCUT2D eigenvalue weighted by atomic mass is 9.66. The number of aliphatic hydroxyl groups is 2. The van der Waals surface area contributed by atoms with Crippen molar-refractivity contribution < 1.29 is 10.2 Å². The van der Waals surface area contributed by atoms with Gasteiger partial charge in [-0.2, -0.15) is 0 Å². The van der Waals surface area contributed by atoms with Gasteiger partial charge in [-0.25, -0.2) is 4.79 Å². The number of aliphatic hydroxyl groups excluding tert-OH is 2. The Labute approximate surface area is 91.2 Å². The number of hydrogen-bond donors (Lipinski definition) is 3. The predicted octanol–water partition coefficient (Wildman–Crippen LogP) is -1.16. The molecule has 1 fully saturated rings. The first-order chi connectivity index (χ1) is 7.60. The van der Waals surface area contributed by atoms with E-state index in [1.807, 2.05) is 0 Å². The summed E-state index contributed by atoms with van der Waals surface area (Å²) in [6.45, 7) is -0.170. The number of nitrogens with one attached hydrogen (secondary N) is 1. The molecule has 0 amide bonds. The van der Waals surface area contributed by atoms with E-state index in [9.17, 15) is 9.59 Å². The van der Waals surface area contributed by atoms with Crippen LogP contribution in [0.5, 0.6) is 0 Å². The minimum atomic E-state index is -0.472. The average Bonchev–Trinajstić information content (AvgIpc) is 2.20. The molecule has 1 aromatic rings. The lowest BCUT2D eigenvalue weighted by Crippen LogP contribution is -2.47. The van der Waals surface area contributed by atoms with Gasteiger partial charge in [-0.1, -0.05) is 0 Å². The minimum Gasteiger partial charge on any atom is -0.396 e. The van der Waals surface area contributed by atoms with Crippen LogP contribution in [0.2, 0.25) is 0 Å². The first-order valence-electron chi connectivity index (χ1n) is 5.13. The van der Waals surface area contributed by atoms with E-state index < -0.39 is 16.7 Å². The summed E-state index contributed by atoms with van der Waals surface area (Å²) in [4.78, 5) is 24.5. The van der Waals surface area contributed by atoms with Gasteiger partial charge >= 0.3 is 5.69 Å². The van der Waals surface area contributed by atoms with Crippen molar-refractivity contribution in [3.05, 3.63) is 33.1 Å². The van der Waals surface area contributed by atoms with Crippen molar-refractivity contribution in [2.45, 2.75) is 18.9 Å². The Morgan fingerprint density at radius 2 is 2.00 bits per heavy atom. The highest BCUT2D eigenvalue weighted by molar-refractivity contribution is 4.98. The molecule has 2 rings (SSSR count). The summed E-state index contributed by atoms with van der Waals surface area (Å²) in [6, 6.07) is 1.24. The van der Waals surface area contributed by atoms with Crippen molar-refractivity contribution in [3.8, 4) is 0 Å². The van der Waals surface area contributed by atoms with E-state index >= 15 is 0 Å². The van der Waals surface area contributed by atoms with Crippen molar-refractivity contribution in [3.63, 3.8) is 0 Å². The fourth-order valence-corrected chi connectivity index (χ4v) is 2.16. The second kappa shape index (κ2) is 3.88. The van der Waals surface area contributed by atoms with Gasteiger partial charge in [0.2, 0.25) is 0 Å². The van der Waals surface area contributed by atoms with E-state index in [-0.39, 0.29) is 19.3 Å². The predicted molar refractivity (Wildman–Crippen MR) is 56.2 cm³/mol. The highest BCUT2D eigenvalue weighted by Gasteiger charge is 2.44. The Morgan fingerprint density at radius 3 is 2.50 bits per heavy atom. The second-order valence-corrected chi connectivity index (χ2v) is 4.40. The summed E-state index contributed by atoms with van der Waals surface area (Å²) >= 11 is 0. The van der Waals surface area contributed by atoms with Gasteiger partial charge in [-0.15, -0.1) is 0 Å². The summed E-state index contributed by atoms with van der Waals surface area (Å²) in [6.07, 6.45) is 2.54. The van der Waals surface area contributed by atoms with Crippen LogP contribution in [0.1, 0.15) is 18.9 Å². The lowest BCUT2D eigenvalue weighted by molar-refractivity contribution is -0.0442. The van der Waals surface area contributed by atoms with Crippen LogP contribution in [-0.4, -0.2) is 33.0 Å². The van der Waals surface area contributed by atoms with Crippen molar-refractivity contribution in [1.82, 2.24) is 9.55 Å². The molecule has 1 aliphatic carbocycles. The maximum Gasteiger partial charge on any atom is 0.328 e. The zero-order valence-corrected chi connectivity index (χ0v) is 8.72. The van der Waals surface area contributed by atoms with Crippen LogP contribution in [-0.2, 0) is 0 Å². The number of aromatic nitrogens is 2. The van der Waals surface area contributed by atoms with Gasteiger partial charge in [0.1, 0.15) is 0 Å². The molecule has 16 heavy (non-hydrogen) atoms. The number of hydrogen-bond acceptors (Lipinski definition) is 4. The van der Waals surface area contributed by atoms with Crippen LogP contribution in [0, 0.1) is 5.41 Å². The quantitative estimate of drug-likeness (QED) is 0.606. The topological polar surface area (TPSA) is 95.3 Å². The van der Waals surface area contributed by atoms with Gasteiger partial charge in [0.25, 0.3) is 5.56 Å². The van der Waals surface area contributed by atoms with Gasteiger partial charge in [-0.05, 0) is 12.8 Å². The van der Waals surface area contributed by atoms with E-state index in [1.165, 1.54) is 16.8 Å². The number of aromatic amines is 1. The third-order valence-electron chi connectivity index (χ3n) is 3.25. The largest absolute Gasteiger partial charge is 0.396 e. The van der Waals surface area contributed by atoms with E-state index in [2.05, 4.69) is 4.98 Å². The number of H-pyrrole nitrogens is 1. The Hall–Kier alpha value is -1.40. The molecule has 0 saturated heterocycles. The molecule has 0 aliphatic heterocycles. The molecule has 1 aliphatic rings. The maximum absolute atomic E-state index is 11.4. The van der Waals surface area contributed by atoms with E-state index in [0.29, 0.717) is 12.8 Å². The Balaban J connectivity index is 2.18. The fourth-order valence-electron chi connectivity index (χ4n) is 2.16. The molecule has 6 nitrogen and oxygen atoms in total. The van der Waals surface area contributed by atoms with Crippen LogP contribution >= 0.6 is 0 Å². The Morgan fingerprint density at radius 1 is 1.38 bits per heavy atom. The van der Waals surface area contributed by atoms with Gasteiger partial charge < -0.3 is 10.2 Å². The monoisotopic (exact) mass is 226 g/mol. The van der Waals surface area contributed by atoms with Gasteiger partial charge in [0, 0.05) is 23.7 Å². The SMILES string of the molecule is O=c1ccn(C2CC(CO)(CO)C2)c(=O)[nH]1. The molecule has 0 spiro atoms.